The van der Waals surface area contributed by atoms with E-state index in [1.807, 2.05) is 45.3 Å². The van der Waals surface area contributed by atoms with Crippen LogP contribution >= 0.6 is 0 Å². The van der Waals surface area contributed by atoms with Crippen molar-refractivity contribution in [3.63, 3.8) is 0 Å². The maximum atomic E-state index is 4.89. The van der Waals surface area contributed by atoms with E-state index in [9.17, 15) is 0 Å². The zero-order valence-electron chi connectivity index (χ0n) is 30.1. The molecule has 0 radical (unpaired) electrons. The quantitative estimate of drug-likeness (QED) is 0.134. The third kappa shape index (κ3) is 4.83. The lowest BCUT2D eigenvalue weighted by molar-refractivity contribution is 1.19. The zero-order valence-corrected chi connectivity index (χ0v) is 30.1. The Morgan fingerprint density at radius 3 is 1.23 bits per heavy atom. The fourth-order valence-electron chi connectivity index (χ4n) is 8.19. The molecule has 0 bridgehead atoms. The second-order valence-corrected chi connectivity index (χ2v) is 13.0. The number of allylic oxidation sites excluding steroid dienone is 1. The monoisotopic (exact) mass is 682 g/mol. The molecule has 53 heavy (non-hydrogen) atoms. The van der Waals surface area contributed by atoms with Gasteiger partial charge in [0.15, 0.2) is 0 Å². The number of hydrogen-bond acceptors (Lipinski definition) is 2. The molecule has 11 rings (SSSR count). The Balaban J connectivity index is 0.000000711. The summed E-state index contributed by atoms with van der Waals surface area (Å²) in [6.45, 7) is 9.25. The summed E-state index contributed by atoms with van der Waals surface area (Å²) in [5.41, 5.74) is 9.02. The number of pyridine rings is 2. The maximum absolute atomic E-state index is 4.89. The van der Waals surface area contributed by atoms with E-state index in [-0.39, 0.29) is 0 Å². The number of rotatable bonds is 2. The van der Waals surface area contributed by atoms with Gasteiger partial charge >= 0.3 is 0 Å². The van der Waals surface area contributed by atoms with Gasteiger partial charge in [-0.1, -0.05) is 105 Å². The van der Waals surface area contributed by atoms with Gasteiger partial charge in [0.05, 0.1) is 44.5 Å². The van der Waals surface area contributed by atoms with Crippen molar-refractivity contribution in [1.29, 1.82) is 0 Å². The van der Waals surface area contributed by atoms with Gasteiger partial charge in [-0.25, -0.2) is 0 Å². The number of nitrogens with zero attached hydrogens (tertiary/aromatic N) is 4. The maximum Gasteiger partial charge on any atom is 0.0801 e. The SMILES string of the molecule is C=CC.CC.c1ccc2c(c1)cc(-n1c3ccccc3c3c4c5ccccc5n(-c5cc6ccccc6c6ncccc56)c4ccc31)c1cccnc12. The van der Waals surface area contributed by atoms with E-state index >= 15 is 0 Å². The number of aromatic nitrogens is 4. The fraction of sp³-hybridized carbons (Fsp3) is 0.0612. The van der Waals surface area contributed by atoms with E-state index in [0.717, 1.165) is 33.2 Å². The molecule has 0 N–H and O–H groups in total. The second kappa shape index (κ2) is 13.1. The molecule has 4 heteroatoms. The average Bonchev–Trinajstić information content (AvgIpc) is 3.74. The van der Waals surface area contributed by atoms with Crippen LogP contribution in [0.4, 0.5) is 0 Å². The summed E-state index contributed by atoms with van der Waals surface area (Å²) in [6.07, 6.45) is 5.55. The fourth-order valence-corrected chi connectivity index (χ4v) is 8.19. The Hall–Kier alpha value is -6.78. The molecule has 0 aliphatic carbocycles. The molecule has 11 aromatic rings. The second-order valence-electron chi connectivity index (χ2n) is 13.0. The highest BCUT2D eigenvalue weighted by atomic mass is 15.0. The summed E-state index contributed by atoms with van der Waals surface area (Å²) < 4.78 is 4.89. The van der Waals surface area contributed by atoms with Crippen molar-refractivity contribution >= 4 is 87.0 Å². The summed E-state index contributed by atoms with van der Waals surface area (Å²) in [4.78, 5) is 9.78. The molecule has 0 saturated heterocycles. The van der Waals surface area contributed by atoms with Gasteiger partial charge < -0.3 is 9.13 Å². The highest BCUT2D eigenvalue weighted by Crippen LogP contribution is 2.44. The summed E-state index contributed by atoms with van der Waals surface area (Å²) in [6, 6.07) is 52.6. The van der Waals surface area contributed by atoms with Crippen LogP contribution in [0.15, 0.2) is 171 Å². The highest BCUT2D eigenvalue weighted by Gasteiger charge is 2.22. The van der Waals surface area contributed by atoms with Crippen LogP contribution in [0.5, 0.6) is 0 Å². The summed E-state index contributed by atoms with van der Waals surface area (Å²) in [7, 11) is 0. The van der Waals surface area contributed by atoms with E-state index in [0.29, 0.717) is 0 Å². The zero-order chi connectivity index (χ0) is 36.1. The van der Waals surface area contributed by atoms with Crippen molar-refractivity contribution in [2.45, 2.75) is 20.8 Å². The Kier molecular flexibility index (Phi) is 7.93. The predicted molar refractivity (Wildman–Crippen MR) is 228 cm³/mol. The van der Waals surface area contributed by atoms with Gasteiger partial charge in [-0.15, -0.1) is 6.58 Å². The predicted octanol–water partition coefficient (Wildman–Crippen LogP) is 13.5. The first-order valence-electron chi connectivity index (χ1n) is 18.3. The Morgan fingerprint density at radius 1 is 0.434 bits per heavy atom. The van der Waals surface area contributed by atoms with Crippen LogP contribution in [0.2, 0.25) is 0 Å². The largest absolute Gasteiger partial charge is 0.309 e. The van der Waals surface area contributed by atoms with Crippen LogP contribution < -0.4 is 0 Å². The lowest BCUT2D eigenvalue weighted by atomic mass is 10.0. The van der Waals surface area contributed by atoms with Crippen molar-refractivity contribution in [2.75, 3.05) is 0 Å². The molecule has 0 spiro atoms. The number of benzene rings is 7. The van der Waals surface area contributed by atoms with E-state index in [2.05, 4.69) is 149 Å². The van der Waals surface area contributed by atoms with Crippen LogP contribution in [0.3, 0.4) is 0 Å². The lowest BCUT2D eigenvalue weighted by Crippen LogP contribution is -1.98. The average molecular weight is 683 g/mol. The first-order valence-corrected chi connectivity index (χ1v) is 18.3. The summed E-state index contributed by atoms with van der Waals surface area (Å²) in [5.74, 6) is 0. The van der Waals surface area contributed by atoms with Crippen molar-refractivity contribution in [2.24, 2.45) is 0 Å². The summed E-state index contributed by atoms with van der Waals surface area (Å²) in [5, 5.41) is 11.9. The van der Waals surface area contributed by atoms with Crippen LogP contribution in [0, 0.1) is 0 Å². The molecule has 254 valence electrons. The third-order valence-corrected chi connectivity index (χ3v) is 10.1. The van der Waals surface area contributed by atoms with Crippen molar-refractivity contribution in [3.8, 4) is 11.4 Å². The van der Waals surface area contributed by atoms with Crippen LogP contribution in [0.25, 0.3) is 98.3 Å². The van der Waals surface area contributed by atoms with E-state index in [4.69, 9.17) is 9.97 Å². The van der Waals surface area contributed by atoms with Gasteiger partial charge in [0, 0.05) is 55.5 Å². The van der Waals surface area contributed by atoms with Gasteiger partial charge in [-0.2, -0.15) is 0 Å². The number of para-hydroxylation sites is 2. The van der Waals surface area contributed by atoms with Gasteiger partial charge in [-0.05, 0) is 78.4 Å². The minimum atomic E-state index is 1.02. The number of hydrogen-bond donors (Lipinski definition) is 0. The first-order chi connectivity index (χ1) is 26.3. The van der Waals surface area contributed by atoms with E-state index in [1.54, 1.807) is 6.08 Å². The van der Waals surface area contributed by atoms with Gasteiger partial charge in [0.1, 0.15) is 0 Å². The Bertz CT molecular complexity index is 2970. The molecule has 4 aromatic heterocycles. The van der Waals surface area contributed by atoms with E-state index in [1.165, 1.54) is 65.2 Å². The van der Waals surface area contributed by atoms with Crippen molar-refractivity contribution < 1.29 is 0 Å². The molecule has 4 nitrogen and oxygen atoms in total. The van der Waals surface area contributed by atoms with Gasteiger partial charge in [-0.3, -0.25) is 9.97 Å². The minimum Gasteiger partial charge on any atom is -0.309 e. The lowest BCUT2D eigenvalue weighted by Gasteiger charge is -2.14. The summed E-state index contributed by atoms with van der Waals surface area (Å²) >= 11 is 0. The smallest absolute Gasteiger partial charge is 0.0801 e. The Morgan fingerprint density at radius 2 is 0.792 bits per heavy atom. The van der Waals surface area contributed by atoms with Crippen LogP contribution in [-0.4, -0.2) is 19.1 Å². The molecule has 0 atom stereocenters. The topological polar surface area (TPSA) is 35.6 Å². The molecule has 0 aliphatic heterocycles. The molecule has 4 heterocycles. The van der Waals surface area contributed by atoms with Crippen molar-refractivity contribution in [3.05, 3.63) is 171 Å². The van der Waals surface area contributed by atoms with Crippen molar-refractivity contribution in [1.82, 2.24) is 19.1 Å². The molecule has 0 fully saturated rings. The molecule has 0 saturated carbocycles. The van der Waals surface area contributed by atoms with E-state index < -0.39 is 0 Å². The normalized spacial score (nSPS) is 11.4. The molecular weight excluding hydrogens is 645 g/mol. The standard InChI is InChI=1S/C44H26N4.C3H6.C2H6/c1-3-13-29-27(11-1)25-39(33-17-9-23-45-43(29)33)47-35-19-7-5-15-31(35)41-37(47)21-22-38-42(41)32-16-6-8-20-36(32)48(38)40-26-28-12-2-4-14-30(28)44-34(40)18-10-24-46-44;1-3-2;1-2/h1-26H;3H,1H2,2H3;1-2H3. The highest BCUT2D eigenvalue weighted by molar-refractivity contribution is 6.29. The molecule has 0 unspecified atom stereocenters. The van der Waals surface area contributed by atoms with Crippen LogP contribution in [-0.2, 0) is 0 Å². The molecule has 0 amide bonds. The van der Waals surface area contributed by atoms with Gasteiger partial charge in [0.2, 0.25) is 0 Å². The Labute approximate surface area is 307 Å². The first kappa shape index (κ1) is 32.1. The molecule has 0 aliphatic rings. The molecule has 7 aromatic carbocycles. The third-order valence-electron chi connectivity index (χ3n) is 10.1. The molecular formula is C49H38N4. The van der Waals surface area contributed by atoms with Gasteiger partial charge in [0.25, 0.3) is 0 Å². The minimum absolute atomic E-state index is 1.02. The van der Waals surface area contributed by atoms with Crippen LogP contribution in [0.1, 0.15) is 20.8 Å². The number of fused-ring (bicyclic) bond motifs is 13.